The molecule has 0 aliphatic heterocycles. The lowest BCUT2D eigenvalue weighted by molar-refractivity contribution is 0.403. The topological polar surface area (TPSA) is 49.4 Å². The van der Waals surface area contributed by atoms with Crippen molar-refractivity contribution in [2.45, 2.75) is 43.7 Å². The van der Waals surface area contributed by atoms with Crippen LogP contribution in [0.2, 0.25) is 0 Å². The second-order valence-electron chi connectivity index (χ2n) is 5.14. The average Bonchev–Trinajstić information content (AvgIpc) is 3.20. The van der Waals surface area contributed by atoms with Gasteiger partial charge in [0.15, 0.2) is 0 Å². The minimum atomic E-state index is -3.40. The number of nitrogens with one attached hydrogen (secondary N) is 1. The third kappa shape index (κ3) is 3.42. The van der Waals surface area contributed by atoms with E-state index in [-0.39, 0.29) is 6.04 Å². The normalized spacial score (nSPS) is 15.8. The Morgan fingerprint density at radius 2 is 2.10 bits per heavy atom. The summed E-state index contributed by atoms with van der Waals surface area (Å²) in [6.07, 6.45) is 2.80. The van der Waals surface area contributed by atoms with Gasteiger partial charge in [-0.15, -0.1) is 0 Å². The van der Waals surface area contributed by atoms with Gasteiger partial charge in [0, 0.05) is 23.6 Å². The summed E-state index contributed by atoms with van der Waals surface area (Å²) in [4.78, 5) is 0.373. The van der Waals surface area contributed by atoms with E-state index in [0.29, 0.717) is 15.9 Å². The Kier molecular flexibility index (Phi) is 5.23. The molecule has 2 rings (SSSR count). The van der Waals surface area contributed by atoms with E-state index in [4.69, 9.17) is 0 Å². The molecule has 0 heterocycles. The van der Waals surface area contributed by atoms with Gasteiger partial charge in [-0.05, 0) is 59.9 Å². The quantitative estimate of drug-likeness (QED) is 0.813. The zero-order valence-corrected chi connectivity index (χ0v) is 14.3. The van der Waals surface area contributed by atoms with Crippen LogP contribution in [0.15, 0.2) is 27.6 Å². The van der Waals surface area contributed by atoms with E-state index in [1.54, 1.807) is 10.4 Å². The standard InChI is InChI=1S/C14H21BrN2O2S/c1-3-8-17(12-5-6-12)20(18,19)14-7-4-11(10-16-2)9-13(14)15/h4,7,9,12,16H,3,5-6,8,10H2,1-2H3. The van der Waals surface area contributed by atoms with Gasteiger partial charge in [-0.2, -0.15) is 4.31 Å². The number of hydrogen-bond acceptors (Lipinski definition) is 3. The molecule has 0 radical (unpaired) electrons. The lowest BCUT2D eigenvalue weighted by atomic mass is 10.2. The maximum atomic E-state index is 12.8. The fourth-order valence-electron chi connectivity index (χ4n) is 2.28. The summed E-state index contributed by atoms with van der Waals surface area (Å²) in [5.41, 5.74) is 1.06. The summed E-state index contributed by atoms with van der Waals surface area (Å²) < 4.78 is 27.9. The summed E-state index contributed by atoms with van der Waals surface area (Å²) >= 11 is 3.41. The molecule has 0 spiro atoms. The summed E-state index contributed by atoms with van der Waals surface area (Å²) in [5, 5.41) is 3.06. The summed E-state index contributed by atoms with van der Waals surface area (Å²) in [5.74, 6) is 0. The van der Waals surface area contributed by atoms with Crippen LogP contribution >= 0.6 is 15.9 Å². The van der Waals surface area contributed by atoms with E-state index in [1.165, 1.54) is 0 Å². The molecule has 1 aromatic rings. The minimum Gasteiger partial charge on any atom is -0.316 e. The predicted octanol–water partition coefficient (Wildman–Crippen LogP) is 2.73. The Hall–Kier alpha value is -0.430. The van der Waals surface area contributed by atoms with Gasteiger partial charge >= 0.3 is 0 Å². The maximum absolute atomic E-state index is 12.8. The molecule has 112 valence electrons. The first kappa shape index (κ1) is 15.9. The fraction of sp³-hybridized carbons (Fsp3) is 0.571. The Bertz CT molecular complexity index is 571. The molecular weight excluding hydrogens is 340 g/mol. The third-order valence-corrected chi connectivity index (χ3v) is 6.29. The largest absolute Gasteiger partial charge is 0.316 e. The number of hydrogen-bond donors (Lipinski definition) is 1. The molecule has 6 heteroatoms. The molecule has 1 aliphatic rings. The van der Waals surface area contributed by atoms with Crippen molar-refractivity contribution < 1.29 is 8.42 Å². The molecule has 4 nitrogen and oxygen atoms in total. The van der Waals surface area contributed by atoms with Gasteiger partial charge in [-0.25, -0.2) is 8.42 Å². The Balaban J connectivity index is 2.32. The molecule has 1 N–H and O–H groups in total. The highest BCUT2D eigenvalue weighted by Crippen LogP contribution is 2.34. The molecule has 0 saturated heterocycles. The molecule has 20 heavy (non-hydrogen) atoms. The monoisotopic (exact) mass is 360 g/mol. The van der Waals surface area contributed by atoms with Gasteiger partial charge in [0.1, 0.15) is 0 Å². The summed E-state index contributed by atoms with van der Waals surface area (Å²) in [6, 6.07) is 5.65. The first-order chi connectivity index (χ1) is 9.50. The molecule has 0 atom stereocenters. The van der Waals surface area contributed by atoms with Crippen molar-refractivity contribution in [3.8, 4) is 0 Å². The van der Waals surface area contributed by atoms with Gasteiger partial charge in [0.25, 0.3) is 0 Å². The van der Waals surface area contributed by atoms with Gasteiger partial charge < -0.3 is 5.32 Å². The highest BCUT2D eigenvalue weighted by molar-refractivity contribution is 9.10. The zero-order chi connectivity index (χ0) is 14.8. The highest BCUT2D eigenvalue weighted by atomic mass is 79.9. The molecule has 1 aliphatic carbocycles. The van der Waals surface area contributed by atoms with Crippen molar-refractivity contribution in [2.24, 2.45) is 0 Å². The van der Waals surface area contributed by atoms with Gasteiger partial charge in [0.05, 0.1) is 4.90 Å². The molecule has 1 saturated carbocycles. The van der Waals surface area contributed by atoms with Crippen molar-refractivity contribution in [1.82, 2.24) is 9.62 Å². The van der Waals surface area contributed by atoms with Gasteiger partial charge in [0.2, 0.25) is 10.0 Å². The zero-order valence-electron chi connectivity index (χ0n) is 11.9. The number of benzene rings is 1. The summed E-state index contributed by atoms with van der Waals surface area (Å²) in [7, 11) is -1.53. The second kappa shape index (κ2) is 6.56. The van der Waals surface area contributed by atoms with E-state index in [2.05, 4.69) is 21.2 Å². The first-order valence-electron chi connectivity index (χ1n) is 6.95. The first-order valence-corrected chi connectivity index (χ1v) is 9.19. The summed E-state index contributed by atoms with van der Waals surface area (Å²) in [6.45, 7) is 3.33. The maximum Gasteiger partial charge on any atom is 0.244 e. The van der Waals surface area contributed by atoms with E-state index in [1.807, 2.05) is 26.1 Å². The van der Waals surface area contributed by atoms with Crippen LogP contribution in [-0.4, -0.2) is 32.4 Å². The van der Waals surface area contributed by atoms with Crippen LogP contribution in [-0.2, 0) is 16.6 Å². The van der Waals surface area contributed by atoms with Crippen molar-refractivity contribution >= 4 is 26.0 Å². The van der Waals surface area contributed by atoms with Crippen molar-refractivity contribution in [3.63, 3.8) is 0 Å². The Morgan fingerprint density at radius 1 is 1.40 bits per heavy atom. The SMILES string of the molecule is CCCN(C1CC1)S(=O)(=O)c1ccc(CNC)cc1Br. The van der Waals surface area contributed by atoms with Crippen molar-refractivity contribution in [3.05, 3.63) is 28.2 Å². The van der Waals surface area contributed by atoms with E-state index < -0.39 is 10.0 Å². The van der Waals surface area contributed by atoms with Crippen molar-refractivity contribution in [1.29, 1.82) is 0 Å². The number of nitrogens with zero attached hydrogens (tertiary/aromatic N) is 1. The lowest BCUT2D eigenvalue weighted by Gasteiger charge is -2.22. The van der Waals surface area contributed by atoms with Crippen LogP contribution in [0, 0.1) is 0 Å². The lowest BCUT2D eigenvalue weighted by Crippen LogP contribution is -2.34. The molecule has 0 unspecified atom stereocenters. The molecular formula is C14H21BrN2O2S. The molecule has 0 aromatic heterocycles. The van der Waals surface area contributed by atoms with Gasteiger partial charge in [-0.1, -0.05) is 13.0 Å². The van der Waals surface area contributed by atoms with Crippen LogP contribution in [0.5, 0.6) is 0 Å². The molecule has 0 amide bonds. The van der Waals surface area contributed by atoms with Crippen LogP contribution in [0.25, 0.3) is 0 Å². The van der Waals surface area contributed by atoms with Crippen LogP contribution < -0.4 is 5.32 Å². The van der Waals surface area contributed by atoms with Crippen LogP contribution in [0.4, 0.5) is 0 Å². The fourth-order valence-corrected chi connectivity index (χ4v) is 5.14. The van der Waals surface area contributed by atoms with Gasteiger partial charge in [-0.3, -0.25) is 0 Å². The van der Waals surface area contributed by atoms with E-state index >= 15 is 0 Å². The minimum absolute atomic E-state index is 0.198. The van der Waals surface area contributed by atoms with Crippen LogP contribution in [0.3, 0.4) is 0 Å². The Labute approximate surface area is 129 Å². The Morgan fingerprint density at radius 3 is 2.60 bits per heavy atom. The predicted molar refractivity (Wildman–Crippen MR) is 84.1 cm³/mol. The molecule has 1 fully saturated rings. The molecule has 0 bridgehead atoms. The van der Waals surface area contributed by atoms with Crippen molar-refractivity contribution in [2.75, 3.05) is 13.6 Å². The number of sulfonamides is 1. The van der Waals surface area contributed by atoms with E-state index in [0.717, 1.165) is 31.4 Å². The van der Waals surface area contributed by atoms with Crippen LogP contribution in [0.1, 0.15) is 31.7 Å². The number of rotatable bonds is 7. The van der Waals surface area contributed by atoms with E-state index in [9.17, 15) is 8.42 Å². The highest BCUT2D eigenvalue weighted by Gasteiger charge is 2.38. The average molecular weight is 361 g/mol. The second-order valence-corrected chi connectivity index (χ2v) is 7.86. The smallest absolute Gasteiger partial charge is 0.244 e. The molecule has 1 aromatic carbocycles. The number of halogens is 1. The third-order valence-electron chi connectivity index (χ3n) is 3.36.